The quantitative estimate of drug-likeness (QED) is 0.641. The molecule has 0 saturated carbocycles. The van der Waals surface area contributed by atoms with Gasteiger partial charge in [0.2, 0.25) is 0 Å². The van der Waals surface area contributed by atoms with E-state index >= 15 is 0 Å². The summed E-state index contributed by atoms with van der Waals surface area (Å²) in [5.41, 5.74) is 7.55. The van der Waals surface area contributed by atoms with Crippen molar-refractivity contribution in [1.29, 1.82) is 0 Å². The van der Waals surface area contributed by atoms with Gasteiger partial charge in [-0.25, -0.2) is 0 Å². The van der Waals surface area contributed by atoms with Gasteiger partial charge in [-0.15, -0.1) is 0 Å². The normalized spacial score (nSPS) is 18.4. The van der Waals surface area contributed by atoms with Crippen molar-refractivity contribution in [3.8, 4) is 5.75 Å². The molecular formula is C10H13BNO3. The van der Waals surface area contributed by atoms with Crippen LogP contribution >= 0.6 is 0 Å². The predicted octanol–water partition coefficient (Wildman–Crippen LogP) is -0.668. The van der Waals surface area contributed by atoms with Crippen LogP contribution in [0.25, 0.3) is 0 Å². The second kappa shape index (κ2) is 4.66. The minimum Gasteiger partial charge on any atom is -0.492 e. The first-order valence-electron chi connectivity index (χ1n) is 4.92. The molecule has 3 N–H and O–H groups in total. The van der Waals surface area contributed by atoms with Crippen LogP contribution in [-0.2, 0) is 4.65 Å². The van der Waals surface area contributed by atoms with Crippen molar-refractivity contribution in [2.24, 2.45) is 5.73 Å². The number of nitrogens with two attached hydrogens (primary N) is 1. The molecule has 79 valence electrons. The summed E-state index contributed by atoms with van der Waals surface area (Å²) in [6.07, 6.45) is -0.0716. The third-order valence-corrected chi connectivity index (χ3v) is 2.36. The number of hydrogen-bond acceptors (Lipinski definition) is 4. The van der Waals surface area contributed by atoms with Gasteiger partial charge in [-0.1, -0.05) is 12.1 Å². The number of fused-ring (bicyclic) bond motifs is 1. The highest BCUT2D eigenvalue weighted by atomic mass is 16.5. The molecule has 15 heavy (non-hydrogen) atoms. The van der Waals surface area contributed by atoms with E-state index in [4.69, 9.17) is 20.2 Å². The molecule has 0 bridgehead atoms. The molecule has 0 aliphatic carbocycles. The maximum absolute atomic E-state index is 8.69. The van der Waals surface area contributed by atoms with E-state index in [1.165, 1.54) is 0 Å². The SMILES string of the molecule is NCC1O[B]c2c(OCCO)cccc21. The van der Waals surface area contributed by atoms with Crippen LogP contribution in [0.3, 0.4) is 0 Å². The van der Waals surface area contributed by atoms with Crippen molar-refractivity contribution in [2.75, 3.05) is 19.8 Å². The molecule has 1 heterocycles. The van der Waals surface area contributed by atoms with E-state index in [1.54, 1.807) is 7.48 Å². The lowest BCUT2D eigenvalue weighted by atomic mass is 9.85. The van der Waals surface area contributed by atoms with Crippen molar-refractivity contribution in [3.05, 3.63) is 23.8 Å². The maximum Gasteiger partial charge on any atom is 0.335 e. The van der Waals surface area contributed by atoms with Crippen LogP contribution < -0.4 is 15.9 Å². The second-order valence-electron chi connectivity index (χ2n) is 3.31. The zero-order valence-electron chi connectivity index (χ0n) is 8.35. The van der Waals surface area contributed by atoms with Crippen LogP contribution in [0.1, 0.15) is 11.7 Å². The Labute approximate surface area is 89.3 Å². The van der Waals surface area contributed by atoms with E-state index in [0.717, 1.165) is 16.8 Å². The topological polar surface area (TPSA) is 64.7 Å². The lowest BCUT2D eigenvalue weighted by Crippen LogP contribution is -2.17. The Kier molecular flexibility index (Phi) is 3.25. The molecule has 0 fully saturated rings. The van der Waals surface area contributed by atoms with Gasteiger partial charge in [-0.2, -0.15) is 0 Å². The van der Waals surface area contributed by atoms with Gasteiger partial charge in [-0.05, 0) is 17.1 Å². The maximum atomic E-state index is 8.69. The van der Waals surface area contributed by atoms with Gasteiger partial charge in [-0.3, -0.25) is 0 Å². The molecule has 4 nitrogen and oxygen atoms in total. The predicted molar refractivity (Wildman–Crippen MR) is 57.3 cm³/mol. The lowest BCUT2D eigenvalue weighted by molar-refractivity contribution is 0.202. The van der Waals surface area contributed by atoms with E-state index in [1.807, 2.05) is 18.2 Å². The summed E-state index contributed by atoms with van der Waals surface area (Å²) in [7, 11) is 1.67. The van der Waals surface area contributed by atoms with Gasteiger partial charge in [0, 0.05) is 6.54 Å². The summed E-state index contributed by atoms with van der Waals surface area (Å²) in [6, 6.07) is 5.73. The fraction of sp³-hybridized carbons (Fsp3) is 0.400. The van der Waals surface area contributed by atoms with Crippen molar-refractivity contribution >= 4 is 12.9 Å². The van der Waals surface area contributed by atoms with Crippen molar-refractivity contribution in [3.63, 3.8) is 0 Å². The number of aliphatic hydroxyl groups is 1. The average molecular weight is 206 g/mol. The van der Waals surface area contributed by atoms with E-state index in [-0.39, 0.29) is 19.3 Å². The van der Waals surface area contributed by atoms with E-state index in [2.05, 4.69) is 0 Å². The molecule has 0 amide bonds. The van der Waals surface area contributed by atoms with Crippen LogP contribution in [0.2, 0.25) is 0 Å². The largest absolute Gasteiger partial charge is 0.492 e. The molecule has 1 aliphatic heterocycles. The Morgan fingerprint density at radius 3 is 3.13 bits per heavy atom. The van der Waals surface area contributed by atoms with Gasteiger partial charge in [0.15, 0.2) is 0 Å². The van der Waals surface area contributed by atoms with Gasteiger partial charge in [0.25, 0.3) is 0 Å². The summed E-state index contributed by atoms with van der Waals surface area (Å²) in [4.78, 5) is 0. The Morgan fingerprint density at radius 2 is 2.40 bits per heavy atom. The van der Waals surface area contributed by atoms with Gasteiger partial charge < -0.3 is 20.2 Å². The van der Waals surface area contributed by atoms with E-state index in [0.29, 0.717) is 6.54 Å². The number of benzene rings is 1. The van der Waals surface area contributed by atoms with Crippen LogP contribution in [-0.4, -0.2) is 32.3 Å². The molecule has 1 aromatic carbocycles. The second-order valence-corrected chi connectivity index (χ2v) is 3.31. The molecule has 0 saturated heterocycles. The first kappa shape index (κ1) is 10.5. The number of ether oxygens (including phenoxy) is 1. The van der Waals surface area contributed by atoms with Crippen LogP contribution in [0.15, 0.2) is 18.2 Å². The zero-order valence-corrected chi connectivity index (χ0v) is 8.35. The number of aliphatic hydroxyl groups excluding tert-OH is 1. The summed E-state index contributed by atoms with van der Waals surface area (Å²) < 4.78 is 10.8. The highest BCUT2D eigenvalue weighted by molar-refractivity contribution is 6.50. The molecule has 0 aromatic heterocycles. The van der Waals surface area contributed by atoms with Crippen molar-refractivity contribution in [2.45, 2.75) is 6.10 Å². The molecule has 0 spiro atoms. The smallest absolute Gasteiger partial charge is 0.335 e. The van der Waals surface area contributed by atoms with Gasteiger partial charge in [0.05, 0.1) is 12.7 Å². The monoisotopic (exact) mass is 206 g/mol. The highest BCUT2D eigenvalue weighted by Gasteiger charge is 2.26. The van der Waals surface area contributed by atoms with Crippen molar-refractivity contribution in [1.82, 2.24) is 0 Å². The fourth-order valence-corrected chi connectivity index (χ4v) is 1.66. The number of hydrogen-bond donors (Lipinski definition) is 2. The fourth-order valence-electron chi connectivity index (χ4n) is 1.66. The molecule has 1 aromatic rings. The van der Waals surface area contributed by atoms with Crippen LogP contribution in [0, 0.1) is 0 Å². The van der Waals surface area contributed by atoms with Gasteiger partial charge in [0.1, 0.15) is 12.4 Å². The van der Waals surface area contributed by atoms with Crippen LogP contribution in [0.5, 0.6) is 5.75 Å². The van der Waals surface area contributed by atoms with E-state index < -0.39 is 0 Å². The lowest BCUT2D eigenvalue weighted by Gasteiger charge is -2.10. The third-order valence-electron chi connectivity index (χ3n) is 2.36. The van der Waals surface area contributed by atoms with E-state index in [9.17, 15) is 0 Å². The number of rotatable bonds is 4. The summed E-state index contributed by atoms with van der Waals surface area (Å²) >= 11 is 0. The Balaban J connectivity index is 2.23. The van der Waals surface area contributed by atoms with Gasteiger partial charge >= 0.3 is 7.48 Å². The Hall–Kier alpha value is -1.04. The van der Waals surface area contributed by atoms with Crippen molar-refractivity contribution < 1.29 is 14.5 Å². The summed E-state index contributed by atoms with van der Waals surface area (Å²) in [6.45, 7) is 0.745. The molecular weight excluding hydrogens is 193 g/mol. The average Bonchev–Trinajstić information content (AvgIpc) is 2.69. The molecule has 1 radical (unpaired) electrons. The molecule has 1 aliphatic rings. The molecule has 5 heteroatoms. The summed E-state index contributed by atoms with van der Waals surface area (Å²) in [5, 5.41) is 8.69. The highest BCUT2D eigenvalue weighted by Crippen LogP contribution is 2.23. The van der Waals surface area contributed by atoms with Crippen LogP contribution in [0.4, 0.5) is 0 Å². The minimum absolute atomic E-state index is 0.00480. The first-order valence-corrected chi connectivity index (χ1v) is 4.92. The Bertz CT molecular complexity index is 345. The minimum atomic E-state index is -0.0716. The Morgan fingerprint density at radius 1 is 1.53 bits per heavy atom. The molecule has 1 unspecified atom stereocenters. The molecule has 2 rings (SSSR count). The first-order chi connectivity index (χ1) is 7.36. The third kappa shape index (κ3) is 1.99. The zero-order chi connectivity index (χ0) is 10.7. The molecule has 1 atom stereocenters. The standard InChI is InChI=1S/C10H13BNO3/c12-6-9-7-2-1-3-8(14-5-4-13)10(7)11-15-9/h1-3,9,13H,4-6,12H2. The summed E-state index contributed by atoms with van der Waals surface area (Å²) in [5.74, 6) is 0.734.